The number of carbonyl (C=O) groups is 1. The smallest absolute Gasteiger partial charge is 0.315 e. The van der Waals surface area contributed by atoms with Crippen LogP contribution in [0.1, 0.15) is 32.6 Å². The van der Waals surface area contributed by atoms with Crippen LogP contribution in [0, 0.1) is 0 Å². The second-order valence-electron chi connectivity index (χ2n) is 3.53. The van der Waals surface area contributed by atoms with Gasteiger partial charge in [0, 0.05) is 6.04 Å². The molecule has 13 heavy (non-hydrogen) atoms. The molecule has 0 spiro atoms. The molecule has 1 aliphatic rings. The first-order chi connectivity index (χ1) is 6.26. The van der Waals surface area contributed by atoms with Crippen LogP contribution in [0.5, 0.6) is 0 Å². The van der Waals surface area contributed by atoms with E-state index in [1.165, 1.54) is 6.42 Å². The maximum Gasteiger partial charge on any atom is 0.315 e. The first-order valence-corrected chi connectivity index (χ1v) is 4.94. The van der Waals surface area contributed by atoms with E-state index in [0.717, 1.165) is 19.3 Å². The average molecular weight is 186 g/mol. The molecule has 0 heterocycles. The lowest BCUT2D eigenvalue weighted by Gasteiger charge is -2.27. The molecule has 0 unspecified atom stereocenters. The predicted molar refractivity (Wildman–Crippen MR) is 50.5 cm³/mol. The van der Waals surface area contributed by atoms with Gasteiger partial charge in [-0.05, 0) is 25.7 Å². The Morgan fingerprint density at radius 3 is 2.69 bits per heavy atom. The van der Waals surface area contributed by atoms with E-state index in [2.05, 4.69) is 10.6 Å². The summed E-state index contributed by atoms with van der Waals surface area (Å²) in [5, 5.41) is 14.4. The fraction of sp³-hybridized carbons (Fsp3) is 0.889. The molecule has 0 aromatic carbocycles. The number of nitrogens with one attached hydrogen (secondary N) is 2. The van der Waals surface area contributed by atoms with Crippen LogP contribution in [0.4, 0.5) is 4.79 Å². The third kappa shape index (κ3) is 3.22. The molecule has 0 radical (unpaired) electrons. The summed E-state index contributed by atoms with van der Waals surface area (Å²) in [6.07, 6.45) is 4.14. The molecular weight excluding hydrogens is 168 g/mol. The zero-order valence-electron chi connectivity index (χ0n) is 8.05. The molecule has 0 saturated heterocycles. The summed E-state index contributed by atoms with van der Waals surface area (Å²) in [5.74, 6) is 0. The molecule has 4 nitrogen and oxygen atoms in total. The zero-order chi connectivity index (χ0) is 9.68. The van der Waals surface area contributed by atoms with Gasteiger partial charge in [-0.2, -0.15) is 0 Å². The van der Waals surface area contributed by atoms with Gasteiger partial charge < -0.3 is 15.7 Å². The zero-order valence-corrected chi connectivity index (χ0v) is 8.05. The molecule has 1 saturated carbocycles. The summed E-state index contributed by atoms with van der Waals surface area (Å²) < 4.78 is 0. The van der Waals surface area contributed by atoms with Crippen molar-refractivity contribution in [2.24, 2.45) is 0 Å². The molecule has 0 aromatic heterocycles. The van der Waals surface area contributed by atoms with Crippen LogP contribution in [-0.4, -0.2) is 29.8 Å². The monoisotopic (exact) mass is 186 g/mol. The van der Waals surface area contributed by atoms with Gasteiger partial charge in [-0.15, -0.1) is 0 Å². The summed E-state index contributed by atoms with van der Waals surface area (Å²) in [7, 11) is 0. The second kappa shape index (κ2) is 5.07. The van der Waals surface area contributed by atoms with E-state index in [9.17, 15) is 4.79 Å². The van der Waals surface area contributed by atoms with Crippen LogP contribution in [0.2, 0.25) is 0 Å². The van der Waals surface area contributed by atoms with Gasteiger partial charge in [-0.1, -0.05) is 6.92 Å². The maximum atomic E-state index is 11.2. The van der Waals surface area contributed by atoms with Gasteiger partial charge in [0.2, 0.25) is 0 Å². The van der Waals surface area contributed by atoms with Crippen LogP contribution in [0.3, 0.4) is 0 Å². The molecule has 1 rings (SSSR count). The number of hydrogen-bond donors (Lipinski definition) is 3. The van der Waals surface area contributed by atoms with Crippen molar-refractivity contribution in [2.45, 2.75) is 44.7 Å². The van der Waals surface area contributed by atoms with Crippen LogP contribution in [-0.2, 0) is 0 Å². The Kier molecular flexibility index (Phi) is 4.02. The van der Waals surface area contributed by atoms with E-state index in [0.29, 0.717) is 6.04 Å². The Morgan fingerprint density at radius 2 is 2.31 bits per heavy atom. The minimum absolute atomic E-state index is 0.00852. The third-order valence-electron chi connectivity index (χ3n) is 2.49. The van der Waals surface area contributed by atoms with Crippen LogP contribution in [0.15, 0.2) is 0 Å². The minimum atomic E-state index is -0.148. The van der Waals surface area contributed by atoms with Crippen molar-refractivity contribution in [3.63, 3.8) is 0 Å². The topological polar surface area (TPSA) is 61.4 Å². The molecule has 0 bridgehead atoms. The molecular formula is C9H18N2O2. The highest BCUT2D eigenvalue weighted by molar-refractivity contribution is 5.74. The predicted octanol–water partition coefficient (Wildman–Crippen LogP) is 0.609. The molecule has 76 valence electrons. The van der Waals surface area contributed by atoms with E-state index in [4.69, 9.17) is 5.11 Å². The molecule has 1 aliphatic carbocycles. The van der Waals surface area contributed by atoms with Crippen molar-refractivity contribution < 1.29 is 9.90 Å². The van der Waals surface area contributed by atoms with Gasteiger partial charge in [0.1, 0.15) is 0 Å². The number of hydrogen-bond acceptors (Lipinski definition) is 2. The largest absolute Gasteiger partial charge is 0.394 e. The highest BCUT2D eigenvalue weighted by Crippen LogP contribution is 2.17. The number of carbonyl (C=O) groups excluding carboxylic acids is 1. The number of urea groups is 1. The van der Waals surface area contributed by atoms with Crippen molar-refractivity contribution in [1.29, 1.82) is 0 Å². The SMILES string of the molecule is CC[C@@H](CO)NC(=O)NC1CCC1. The van der Waals surface area contributed by atoms with Gasteiger partial charge in [-0.25, -0.2) is 4.79 Å². The van der Waals surface area contributed by atoms with Crippen molar-refractivity contribution in [2.75, 3.05) is 6.61 Å². The summed E-state index contributed by atoms with van der Waals surface area (Å²) >= 11 is 0. The first kappa shape index (κ1) is 10.3. The molecule has 3 N–H and O–H groups in total. The Bertz CT molecular complexity index is 165. The van der Waals surface area contributed by atoms with Crippen molar-refractivity contribution >= 4 is 6.03 Å². The van der Waals surface area contributed by atoms with Gasteiger partial charge in [-0.3, -0.25) is 0 Å². The quantitative estimate of drug-likeness (QED) is 0.602. The highest BCUT2D eigenvalue weighted by Gasteiger charge is 2.20. The lowest BCUT2D eigenvalue weighted by Crippen LogP contribution is -2.49. The van der Waals surface area contributed by atoms with Crippen molar-refractivity contribution in [3.05, 3.63) is 0 Å². The fourth-order valence-corrected chi connectivity index (χ4v) is 1.24. The number of aliphatic hydroxyl groups is 1. The Labute approximate surface area is 78.7 Å². The highest BCUT2D eigenvalue weighted by atomic mass is 16.3. The van der Waals surface area contributed by atoms with E-state index in [-0.39, 0.29) is 18.7 Å². The van der Waals surface area contributed by atoms with Gasteiger partial charge in [0.05, 0.1) is 12.6 Å². The van der Waals surface area contributed by atoms with Crippen molar-refractivity contribution in [1.82, 2.24) is 10.6 Å². The second-order valence-corrected chi connectivity index (χ2v) is 3.53. The van der Waals surface area contributed by atoms with E-state index in [1.807, 2.05) is 6.92 Å². The first-order valence-electron chi connectivity index (χ1n) is 4.94. The summed E-state index contributed by atoms with van der Waals surface area (Å²) in [4.78, 5) is 11.2. The fourth-order valence-electron chi connectivity index (χ4n) is 1.24. The lowest BCUT2D eigenvalue weighted by atomic mass is 9.93. The van der Waals surface area contributed by atoms with Crippen LogP contribution in [0.25, 0.3) is 0 Å². The van der Waals surface area contributed by atoms with E-state index in [1.54, 1.807) is 0 Å². The van der Waals surface area contributed by atoms with Crippen molar-refractivity contribution in [3.8, 4) is 0 Å². The summed E-state index contributed by atoms with van der Waals surface area (Å²) in [5.41, 5.74) is 0. The number of rotatable bonds is 4. The Balaban J connectivity index is 2.14. The maximum absolute atomic E-state index is 11.2. The van der Waals surface area contributed by atoms with Gasteiger partial charge in [0.15, 0.2) is 0 Å². The number of aliphatic hydroxyl groups excluding tert-OH is 1. The van der Waals surface area contributed by atoms with E-state index >= 15 is 0 Å². The van der Waals surface area contributed by atoms with Gasteiger partial charge >= 0.3 is 6.03 Å². The molecule has 0 aliphatic heterocycles. The molecule has 1 atom stereocenters. The summed E-state index contributed by atoms with van der Waals surface area (Å²) in [6, 6.07) is 0.0990. The third-order valence-corrected chi connectivity index (χ3v) is 2.49. The molecule has 1 fully saturated rings. The van der Waals surface area contributed by atoms with E-state index < -0.39 is 0 Å². The van der Waals surface area contributed by atoms with Crippen LogP contribution >= 0.6 is 0 Å². The van der Waals surface area contributed by atoms with Gasteiger partial charge in [0.25, 0.3) is 0 Å². The lowest BCUT2D eigenvalue weighted by molar-refractivity contribution is 0.206. The standard InChI is InChI=1S/C9H18N2O2/c1-2-7(6-12)10-9(13)11-8-4-3-5-8/h7-8,12H,2-6H2,1H3,(H2,10,11,13)/t7-/m0/s1. The molecule has 2 amide bonds. The summed E-state index contributed by atoms with van der Waals surface area (Å²) in [6.45, 7) is 1.94. The number of amides is 2. The van der Waals surface area contributed by atoms with Crippen LogP contribution < -0.4 is 10.6 Å². The Hall–Kier alpha value is -0.770. The normalized spacial score (nSPS) is 18.9. The molecule has 0 aromatic rings. The molecule has 4 heteroatoms. The minimum Gasteiger partial charge on any atom is -0.394 e. The average Bonchev–Trinajstić information content (AvgIpc) is 2.07. The Morgan fingerprint density at radius 1 is 1.62 bits per heavy atom.